The zero-order valence-electron chi connectivity index (χ0n) is 12.1. The third-order valence-corrected chi connectivity index (χ3v) is 3.37. The first-order valence-corrected chi connectivity index (χ1v) is 6.99. The summed E-state index contributed by atoms with van der Waals surface area (Å²) in [6.07, 6.45) is 1.18. The predicted molar refractivity (Wildman–Crippen MR) is 87.4 cm³/mol. The molecule has 1 N–H and O–H groups in total. The van der Waals surface area contributed by atoms with Crippen LogP contribution in [0.15, 0.2) is 68.8 Å². The number of aromatic hydroxyl groups is 1. The molecule has 0 aliphatic carbocycles. The summed E-state index contributed by atoms with van der Waals surface area (Å²) >= 11 is 0. The molecule has 0 aliphatic rings. The summed E-state index contributed by atoms with van der Waals surface area (Å²) in [6.45, 7) is -0.115. The number of rotatable bonds is 4. The number of carbonyl (C=O) groups is 1. The van der Waals surface area contributed by atoms with Crippen LogP contribution in [0.4, 0.5) is 0 Å². The monoisotopic (exact) mass is 307 g/mol. The van der Waals surface area contributed by atoms with Gasteiger partial charge in [0.2, 0.25) is 0 Å². The van der Waals surface area contributed by atoms with Crippen LogP contribution in [0.1, 0.15) is 15.9 Å². The molecule has 3 rings (SSSR count). The second kappa shape index (κ2) is 6.27. The second-order valence-electron chi connectivity index (χ2n) is 4.91. The predicted octanol–water partition coefficient (Wildman–Crippen LogP) is 2.80. The molecule has 5 heteroatoms. The van der Waals surface area contributed by atoms with Crippen LogP contribution in [0.3, 0.4) is 0 Å². The van der Waals surface area contributed by atoms with Crippen LogP contribution in [-0.4, -0.2) is 23.6 Å². The highest BCUT2D eigenvalue weighted by Gasteiger charge is 2.12. The smallest absolute Gasteiger partial charge is 0.348 e. The van der Waals surface area contributed by atoms with E-state index >= 15 is 0 Å². The van der Waals surface area contributed by atoms with Gasteiger partial charge in [0, 0.05) is 11.8 Å². The number of benzene rings is 2. The molecule has 0 saturated carbocycles. The van der Waals surface area contributed by atoms with Crippen LogP contribution in [0, 0.1) is 0 Å². The molecule has 0 atom stereocenters. The molecule has 114 valence electrons. The van der Waals surface area contributed by atoms with Gasteiger partial charge in [-0.05, 0) is 12.1 Å². The number of nitrogens with zero attached hydrogens (tertiary/aromatic N) is 1. The molecule has 0 amide bonds. The van der Waals surface area contributed by atoms with Crippen molar-refractivity contribution in [3.8, 4) is 5.75 Å². The third kappa shape index (κ3) is 3.03. The molecule has 1 aromatic heterocycles. The van der Waals surface area contributed by atoms with Crippen molar-refractivity contribution >= 4 is 23.0 Å². The molecule has 5 nitrogen and oxygen atoms in total. The third-order valence-electron chi connectivity index (χ3n) is 3.37. The van der Waals surface area contributed by atoms with Crippen LogP contribution in [0.25, 0.3) is 11.0 Å². The Hall–Kier alpha value is -3.21. The molecule has 1 heterocycles. The summed E-state index contributed by atoms with van der Waals surface area (Å²) < 4.78 is 5.12. The van der Waals surface area contributed by atoms with Gasteiger partial charge in [-0.25, -0.2) is 4.79 Å². The Balaban J connectivity index is 1.87. The minimum atomic E-state index is -0.697. The highest BCUT2D eigenvalue weighted by molar-refractivity contribution is 5.99. The fraction of sp³-hybridized carbons (Fsp3) is 0.0556. The van der Waals surface area contributed by atoms with Crippen LogP contribution in [0.5, 0.6) is 5.75 Å². The molecule has 23 heavy (non-hydrogen) atoms. The van der Waals surface area contributed by atoms with Gasteiger partial charge in [0.05, 0.1) is 5.39 Å². The molecular weight excluding hydrogens is 294 g/mol. The average Bonchev–Trinajstić information content (AvgIpc) is 2.58. The Labute approximate surface area is 131 Å². The van der Waals surface area contributed by atoms with E-state index in [0.717, 1.165) is 0 Å². The zero-order chi connectivity index (χ0) is 16.2. The lowest BCUT2D eigenvalue weighted by Gasteiger charge is -2.02. The van der Waals surface area contributed by atoms with Gasteiger partial charge in [-0.3, -0.25) is 9.79 Å². The summed E-state index contributed by atoms with van der Waals surface area (Å²) in [7, 11) is 0. The Morgan fingerprint density at radius 3 is 2.57 bits per heavy atom. The van der Waals surface area contributed by atoms with E-state index in [-0.39, 0.29) is 23.6 Å². The van der Waals surface area contributed by atoms with Crippen LogP contribution < -0.4 is 5.63 Å². The van der Waals surface area contributed by atoms with Crippen molar-refractivity contribution in [3.05, 3.63) is 76.1 Å². The summed E-state index contributed by atoms with van der Waals surface area (Å²) in [6, 6.07) is 15.4. The Kier molecular flexibility index (Phi) is 4.01. The normalized spacial score (nSPS) is 11.1. The van der Waals surface area contributed by atoms with E-state index in [1.54, 1.807) is 48.5 Å². The summed E-state index contributed by atoms with van der Waals surface area (Å²) in [5.41, 5.74) is 0.0774. The number of para-hydroxylation sites is 1. The first-order chi connectivity index (χ1) is 11.2. The van der Waals surface area contributed by atoms with Crippen molar-refractivity contribution in [2.75, 3.05) is 6.54 Å². The van der Waals surface area contributed by atoms with Crippen molar-refractivity contribution < 1.29 is 14.3 Å². The Morgan fingerprint density at radius 2 is 1.78 bits per heavy atom. The van der Waals surface area contributed by atoms with Crippen LogP contribution in [-0.2, 0) is 0 Å². The second-order valence-corrected chi connectivity index (χ2v) is 4.91. The van der Waals surface area contributed by atoms with Gasteiger partial charge in [0.25, 0.3) is 0 Å². The lowest BCUT2D eigenvalue weighted by atomic mass is 10.1. The fourth-order valence-electron chi connectivity index (χ4n) is 2.20. The van der Waals surface area contributed by atoms with E-state index in [9.17, 15) is 14.7 Å². The van der Waals surface area contributed by atoms with Crippen molar-refractivity contribution in [1.82, 2.24) is 0 Å². The van der Waals surface area contributed by atoms with Gasteiger partial charge in [0.15, 0.2) is 5.78 Å². The summed E-state index contributed by atoms with van der Waals surface area (Å²) in [4.78, 5) is 27.8. The highest BCUT2D eigenvalue weighted by Crippen LogP contribution is 2.24. The fourth-order valence-corrected chi connectivity index (χ4v) is 2.20. The minimum absolute atomic E-state index is 0.0652. The number of hydrogen-bond donors (Lipinski definition) is 1. The number of carbonyl (C=O) groups excluding carboxylic acids is 1. The standard InChI is InChI=1S/C18H13NO4/c20-15(12-6-2-1-3-7-12)11-19-10-14-17(21)13-8-4-5-9-16(13)23-18(14)22/h1-10,21H,11H2. The summed E-state index contributed by atoms with van der Waals surface area (Å²) in [5, 5.41) is 10.6. The van der Waals surface area contributed by atoms with Gasteiger partial charge in [-0.15, -0.1) is 0 Å². The molecule has 0 radical (unpaired) electrons. The molecule has 3 aromatic rings. The van der Waals surface area contributed by atoms with E-state index in [1.165, 1.54) is 6.21 Å². The number of Topliss-reactive ketones (excluding diaryl/α,β-unsaturated/α-hetero) is 1. The quantitative estimate of drug-likeness (QED) is 0.456. The topological polar surface area (TPSA) is 79.9 Å². The molecule has 0 saturated heterocycles. The molecule has 2 aromatic carbocycles. The zero-order valence-corrected chi connectivity index (χ0v) is 12.1. The van der Waals surface area contributed by atoms with E-state index in [1.807, 2.05) is 6.07 Å². The summed E-state index contributed by atoms with van der Waals surface area (Å²) in [5.74, 6) is -0.376. The average molecular weight is 307 g/mol. The number of ketones is 1. The molecule has 0 bridgehead atoms. The van der Waals surface area contributed by atoms with Crippen molar-refractivity contribution in [1.29, 1.82) is 0 Å². The maximum Gasteiger partial charge on any atom is 0.348 e. The Morgan fingerprint density at radius 1 is 1.09 bits per heavy atom. The number of hydrogen-bond acceptors (Lipinski definition) is 5. The number of aliphatic imine (C=N–C) groups is 1. The van der Waals surface area contributed by atoms with Gasteiger partial charge in [-0.2, -0.15) is 0 Å². The molecule has 0 aliphatic heterocycles. The molecular formula is C18H13NO4. The molecule has 0 spiro atoms. The van der Waals surface area contributed by atoms with Crippen molar-refractivity contribution in [2.24, 2.45) is 4.99 Å². The van der Waals surface area contributed by atoms with Crippen molar-refractivity contribution in [3.63, 3.8) is 0 Å². The minimum Gasteiger partial charge on any atom is -0.506 e. The Bertz CT molecular complexity index is 942. The first kappa shape index (κ1) is 14.7. The lowest BCUT2D eigenvalue weighted by molar-refractivity contribution is 0.100. The van der Waals surface area contributed by atoms with E-state index < -0.39 is 5.63 Å². The van der Waals surface area contributed by atoms with Crippen LogP contribution >= 0.6 is 0 Å². The van der Waals surface area contributed by atoms with Crippen LogP contribution in [0.2, 0.25) is 0 Å². The van der Waals surface area contributed by atoms with Gasteiger partial charge < -0.3 is 9.52 Å². The van der Waals surface area contributed by atoms with E-state index in [0.29, 0.717) is 16.5 Å². The van der Waals surface area contributed by atoms with Gasteiger partial charge in [-0.1, -0.05) is 42.5 Å². The maximum atomic E-state index is 11.9. The highest BCUT2D eigenvalue weighted by atomic mass is 16.4. The van der Waals surface area contributed by atoms with Gasteiger partial charge in [0.1, 0.15) is 23.4 Å². The molecule has 0 fully saturated rings. The maximum absolute atomic E-state index is 11.9. The first-order valence-electron chi connectivity index (χ1n) is 6.99. The van der Waals surface area contributed by atoms with E-state index in [2.05, 4.69) is 4.99 Å². The SMILES string of the molecule is O=C(CN=Cc1c(O)c2ccccc2oc1=O)c1ccccc1. The van der Waals surface area contributed by atoms with E-state index in [4.69, 9.17) is 4.42 Å². The molecule has 0 unspecified atom stereocenters. The number of fused-ring (bicyclic) bond motifs is 1. The van der Waals surface area contributed by atoms with Crippen molar-refractivity contribution in [2.45, 2.75) is 0 Å². The largest absolute Gasteiger partial charge is 0.506 e. The lowest BCUT2D eigenvalue weighted by Crippen LogP contribution is -2.09. The van der Waals surface area contributed by atoms with Gasteiger partial charge >= 0.3 is 5.63 Å².